The molecule has 3 aromatic rings. The quantitative estimate of drug-likeness (QED) is 0.444. The van der Waals surface area contributed by atoms with Gasteiger partial charge in [0.15, 0.2) is 4.34 Å². The first kappa shape index (κ1) is 21.4. The van der Waals surface area contributed by atoms with Crippen molar-refractivity contribution in [2.45, 2.75) is 17.4 Å². The van der Waals surface area contributed by atoms with Crippen LogP contribution in [0.4, 0.5) is 29.7 Å². The molecule has 5 nitrogen and oxygen atoms in total. The Bertz CT molecular complexity index is 1030. The second-order valence-corrected chi connectivity index (χ2v) is 8.53. The Balaban J connectivity index is 1.59. The molecule has 0 aliphatic rings. The average molecular weight is 459 g/mol. The summed E-state index contributed by atoms with van der Waals surface area (Å²) in [5.74, 6) is -0.704. The lowest BCUT2D eigenvalue weighted by Gasteiger charge is -2.13. The second kappa shape index (κ2) is 9.02. The van der Waals surface area contributed by atoms with Gasteiger partial charge < -0.3 is 10.6 Å². The second-order valence-electron chi connectivity index (χ2n) is 5.89. The highest BCUT2D eigenvalue weighted by Gasteiger charge is 2.34. The van der Waals surface area contributed by atoms with Crippen molar-refractivity contribution in [1.29, 1.82) is 0 Å². The van der Waals surface area contributed by atoms with Gasteiger partial charge in [-0.1, -0.05) is 46.8 Å². The van der Waals surface area contributed by atoms with Gasteiger partial charge in [-0.2, -0.15) is 13.2 Å². The minimum absolute atomic E-state index is 0.0628. The molecule has 1 heterocycles. The van der Waals surface area contributed by atoms with E-state index in [2.05, 4.69) is 20.8 Å². The van der Waals surface area contributed by atoms with E-state index in [0.717, 1.165) is 35.1 Å². The van der Waals surface area contributed by atoms with Crippen LogP contribution in [-0.2, 0) is 11.0 Å². The SMILES string of the molecule is Cc1cccc(Nc2nnc(SCC(=O)Nc3ccc(Cl)cc3C(F)(F)F)s2)c1. The van der Waals surface area contributed by atoms with Crippen molar-refractivity contribution < 1.29 is 18.0 Å². The fraction of sp³-hybridized carbons (Fsp3) is 0.167. The monoisotopic (exact) mass is 458 g/mol. The molecule has 29 heavy (non-hydrogen) atoms. The van der Waals surface area contributed by atoms with Crippen LogP contribution >= 0.6 is 34.7 Å². The van der Waals surface area contributed by atoms with Crippen LogP contribution < -0.4 is 10.6 Å². The van der Waals surface area contributed by atoms with Crippen LogP contribution in [0.3, 0.4) is 0 Å². The molecule has 0 saturated carbocycles. The molecule has 0 unspecified atom stereocenters. The Morgan fingerprint density at radius 1 is 1.21 bits per heavy atom. The molecular weight excluding hydrogens is 445 g/mol. The van der Waals surface area contributed by atoms with E-state index in [1.807, 2.05) is 31.2 Å². The van der Waals surface area contributed by atoms with Gasteiger partial charge in [0.05, 0.1) is 17.0 Å². The number of halogens is 4. The minimum atomic E-state index is -4.63. The molecule has 152 valence electrons. The number of hydrogen-bond acceptors (Lipinski definition) is 6. The van der Waals surface area contributed by atoms with Gasteiger partial charge in [-0.05, 0) is 42.8 Å². The summed E-state index contributed by atoms with van der Waals surface area (Å²) in [4.78, 5) is 12.1. The van der Waals surface area contributed by atoms with Crippen molar-refractivity contribution in [3.8, 4) is 0 Å². The molecule has 11 heteroatoms. The summed E-state index contributed by atoms with van der Waals surface area (Å²) in [6.45, 7) is 1.97. The minimum Gasteiger partial charge on any atom is -0.330 e. The van der Waals surface area contributed by atoms with Crippen LogP contribution in [0, 0.1) is 6.92 Å². The topological polar surface area (TPSA) is 66.9 Å². The molecule has 2 N–H and O–H groups in total. The lowest BCUT2D eigenvalue weighted by molar-refractivity contribution is -0.137. The Morgan fingerprint density at radius 2 is 2.00 bits per heavy atom. The summed E-state index contributed by atoms with van der Waals surface area (Å²) in [5.41, 5.74) is 0.611. The van der Waals surface area contributed by atoms with Crippen molar-refractivity contribution in [2.75, 3.05) is 16.4 Å². The van der Waals surface area contributed by atoms with Gasteiger partial charge in [0.25, 0.3) is 0 Å². The average Bonchev–Trinajstić information content (AvgIpc) is 3.08. The van der Waals surface area contributed by atoms with E-state index in [1.54, 1.807) is 0 Å². The third kappa shape index (κ3) is 6.09. The van der Waals surface area contributed by atoms with E-state index in [4.69, 9.17) is 11.6 Å². The zero-order valence-electron chi connectivity index (χ0n) is 14.9. The molecule has 0 fully saturated rings. The Hall–Kier alpha value is -2.30. The Labute approximate surface area is 177 Å². The molecule has 0 radical (unpaired) electrons. The number of aryl methyl sites for hydroxylation is 1. The third-order valence-corrected chi connectivity index (χ3v) is 5.77. The smallest absolute Gasteiger partial charge is 0.330 e. The van der Waals surface area contributed by atoms with Gasteiger partial charge in [-0.3, -0.25) is 4.79 Å². The van der Waals surface area contributed by atoms with Gasteiger partial charge in [-0.15, -0.1) is 10.2 Å². The number of anilines is 3. The van der Waals surface area contributed by atoms with Crippen LogP contribution in [0.5, 0.6) is 0 Å². The zero-order valence-corrected chi connectivity index (χ0v) is 17.3. The van der Waals surface area contributed by atoms with E-state index in [1.165, 1.54) is 17.4 Å². The summed E-state index contributed by atoms with van der Waals surface area (Å²) in [7, 11) is 0. The lowest BCUT2D eigenvalue weighted by atomic mass is 10.1. The maximum Gasteiger partial charge on any atom is 0.418 e. The first-order valence-corrected chi connectivity index (χ1v) is 10.4. The van der Waals surface area contributed by atoms with Gasteiger partial charge in [-0.25, -0.2) is 0 Å². The van der Waals surface area contributed by atoms with E-state index in [0.29, 0.717) is 9.47 Å². The first-order chi connectivity index (χ1) is 13.7. The fourth-order valence-electron chi connectivity index (χ4n) is 2.34. The summed E-state index contributed by atoms with van der Waals surface area (Å²) in [5, 5.41) is 13.8. The fourth-order valence-corrected chi connectivity index (χ4v) is 4.08. The van der Waals surface area contributed by atoms with Crippen LogP contribution in [0.15, 0.2) is 46.8 Å². The predicted octanol–water partition coefficient (Wildman–Crippen LogP) is 5.99. The molecule has 3 rings (SSSR count). The first-order valence-electron chi connectivity index (χ1n) is 8.17. The van der Waals surface area contributed by atoms with Crippen molar-refractivity contribution in [3.05, 3.63) is 58.6 Å². The number of thioether (sulfide) groups is 1. The molecule has 0 spiro atoms. The van der Waals surface area contributed by atoms with E-state index in [-0.39, 0.29) is 16.5 Å². The maximum absolute atomic E-state index is 13.1. The highest BCUT2D eigenvalue weighted by molar-refractivity contribution is 8.01. The van der Waals surface area contributed by atoms with Crippen LogP contribution in [0.1, 0.15) is 11.1 Å². The summed E-state index contributed by atoms with van der Waals surface area (Å²) in [6, 6.07) is 10.9. The number of nitrogens with one attached hydrogen (secondary N) is 2. The highest BCUT2D eigenvalue weighted by Crippen LogP contribution is 2.36. The number of rotatable bonds is 6. The normalized spacial score (nSPS) is 11.3. The molecule has 0 aliphatic heterocycles. The number of alkyl halides is 3. The molecular formula is C18H14ClF3N4OS2. The van der Waals surface area contributed by atoms with Crippen molar-refractivity contribution in [2.24, 2.45) is 0 Å². The van der Waals surface area contributed by atoms with Crippen molar-refractivity contribution in [3.63, 3.8) is 0 Å². The summed E-state index contributed by atoms with van der Waals surface area (Å²) < 4.78 is 39.8. The maximum atomic E-state index is 13.1. The Kier molecular flexibility index (Phi) is 6.66. The number of benzene rings is 2. The number of hydrogen-bond donors (Lipinski definition) is 2. The third-order valence-electron chi connectivity index (χ3n) is 3.56. The van der Waals surface area contributed by atoms with Crippen molar-refractivity contribution >= 4 is 57.1 Å². The molecule has 0 atom stereocenters. The van der Waals surface area contributed by atoms with Crippen LogP contribution in [0.2, 0.25) is 5.02 Å². The predicted molar refractivity (Wildman–Crippen MR) is 110 cm³/mol. The van der Waals surface area contributed by atoms with E-state index < -0.39 is 17.6 Å². The molecule has 2 aromatic carbocycles. The lowest BCUT2D eigenvalue weighted by Crippen LogP contribution is -2.18. The van der Waals surface area contributed by atoms with Gasteiger partial charge >= 0.3 is 6.18 Å². The number of nitrogens with zero attached hydrogens (tertiary/aromatic N) is 2. The number of amides is 1. The van der Waals surface area contributed by atoms with E-state index in [9.17, 15) is 18.0 Å². The largest absolute Gasteiger partial charge is 0.418 e. The van der Waals surface area contributed by atoms with Gasteiger partial charge in [0.1, 0.15) is 0 Å². The summed E-state index contributed by atoms with van der Waals surface area (Å²) in [6.07, 6.45) is -4.63. The standard InChI is InChI=1S/C18H14ClF3N4OS2/c1-10-3-2-4-12(7-10)23-16-25-26-17(29-16)28-9-15(27)24-14-6-5-11(19)8-13(14)18(20,21)22/h2-8H,9H2,1H3,(H,23,25)(H,24,27). The molecule has 1 amide bonds. The molecule has 0 saturated heterocycles. The summed E-state index contributed by atoms with van der Waals surface area (Å²) >= 11 is 7.96. The number of carbonyl (C=O) groups is 1. The van der Waals surface area contributed by atoms with Gasteiger partial charge in [0, 0.05) is 10.7 Å². The number of aromatic nitrogens is 2. The van der Waals surface area contributed by atoms with Crippen LogP contribution in [0.25, 0.3) is 0 Å². The highest BCUT2D eigenvalue weighted by atomic mass is 35.5. The zero-order chi connectivity index (χ0) is 21.0. The Morgan fingerprint density at radius 3 is 2.72 bits per heavy atom. The van der Waals surface area contributed by atoms with Crippen LogP contribution in [-0.4, -0.2) is 21.9 Å². The molecule has 0 bridgehead atoms. The van der Waals surface area contributed by atoms with Gasteiger partial charge in [0.2, 0.25) is 11.0 Å². The molecule has 1 aromatic heterocycles. The molecule has 0 aliphatic carbocycles. The van der Waals surface area contributed by atoms with Crippen molar-refractivity contribution in [1.82, 2.24) is 10.2 Å². The number of carbonyl (C=O) groups excluding carboxylic acids is 1. The van der Waals surface area contributed by atoms with E-state index >= 15 is 0 Å².